The number of halogens is 3. The molecular weight excluding hydrogens is 401 g/mol. The lowest BCUT2D eigenvalue weighted by molar-refractivity contribution is -0.169. The Bertz CT molecular complexity index is 953. The van der Waals surface area contributed by atoms with Crippen LogP contribution < -0.4 is 5.32 Å². The van der Waals surface area contributed by atoms with Gasteiger partial charge in [0.05, 0.1) is 12.1 Å². The lowest BCUT2D eigenvalue weighted by Crippen LogP contribution is -2.34. The number of amides is 2. The highest BCUT2D eigenvalue weighted by Gasteiger charge is 2.33. The van der Waals surface area contributed by atoms with Gasteiger partial charge in [0.2, 0.25) is 5.91 Å². The number of nitrogens with zero attached hydrogens (tertiary/aromatic N) is 3. The molecule has 0 aliphatic carbocycles. The maximum absolute atomic E-state index is 12.9. The SMILES string of the molecule is CC(=O)Nc1nc(C)cc2c1CN(CC1=CC(C)=C(OCC(F)(F)F)N(C)C1)C2=O. The van der Waals surface area contributed by atoms with E-state index in [4.69, 9.17) is 4.74 Å². The Morgan fingerprint density at radius 1 is 1.30 bits per heavy atom. The van der Waals surface area contributed by atoms with Crippen LogP contribution in [0.1, 0.15) is 35.5 Å². The molecule has 0 spiro atoms. The number of carbonyl (C=O) groups is 2. The van der Waals surface area contributed by atoms with Crippen LogP contribution in [0.2, 0.25) is 0 Å². The number of pyridine rings is 1. The summed E-state index contributed by atoms with van der Waals surface area (Å²) < 4.78 is 42.3. The monoisotopic (exact) mass is 424 g/mol. The van der Waals surface area contributed by atoms with Crippen LogP contribution >= 0.6 is 0 Å². The van der Waals surface area contributed by atoms with Crippen molar-refractivity contribution in [3.8, 4) is 0 Å². The van der Waals surface area contributed by atoms with E-state index >= 15 is 0 Å². The first-order chi connectivity index (χ1) is 13.9. The number of hydrogen-bond donors (Lipinski definition) is 1. The molecule has 162 valence electrons. The zero-order valence-electron chi connectivity index (χ0n) is 17.2. The van der Waals surface area contributed by atoms with E-state index in [1.165, 1.54) is 6.92 Å². The van der Waals surface area contributed by atoms with Crippen LogP contribution in [0.15, 0.2) is 29.2 Å². The molecule has 1 N–H and O–H groups in total. The van der Waals surface area contributed by atoms with Crippen molar-refractivity contribution in [1.82, 2.24) is 14.8 Å². The topological polar surface area (TPSA) is 74.8 Å². The first kappa shape index (κ1) is 21.7. The summed E-state index contributed by atoms with van der Waals surface area (Å²) in [6.07, 6.45) is -2.66. The molecule has 0 unspecified atom stereocenters. The van der Waals surface area contributed by atoms with E-state index in [0.29, 0.717) is 41.3 Å². The number of nitrogens with one attached hydrogen (secondary N) is 1. The molecule has 3 rings (SSSR count). The molecule has 2 aliphatic rings. The molecule has 2 amide bonds. The molecule has 30 heavy (non-hydrogen) atoms. The fourth-order valence-electron chi connectivity index (χ4n) is 3.69. The molecular formula is C20H23F3N4O3. The third-order valence-electron chi connectivity index (χ3n) is 4.72. The molecule has 1 aromatic heterocycles. The van der Waals surface area contributed by atoms with Crippen LogP contribution in [0.3, 0.4) is 0 Å². The minimum Gasteiger partial charge on any atom is -0.469 e. The van der Waals surface area contributed by atoms with Crippen molar-refractivity contribution >= 4 is 17.6 Å². The van der Waals surface area contributed by atoms with E-state index in [0.717, 1.165) is 5.57 Å². The zero-order chi connectivity index (χ0) is 22.2. The molecule has 7 nitrogen and oxygen atoms in total. The summed E-state index contributed by atoms with van der Waals surface area (Å²) in [7, 11) is 1.64. The second kappa shape index (κ2) is 8.00. The maximum atomic E-state index is 12.9. The standard InChI is InChI=1S/C20H23F3N4O3/c1-11-5-14(7-26(4)19(11)30-10-20(21,22)23)8-27-9-16-15(18(27)29)6-12(2)24-17(16)25-13(3)28/h5-6H,7-10H2,1-4H3,(H,24,25,28). The zero-order valence-corrected chi connectivity index (χ0v) is 17.2. The Kier molecular flexibility index (Phi) is 5.78. The Labute approximate surface area is 172 Å². The van der Waals surface area contributed by atoms with Crippen LogP contribution in [0.4, 0.5) is 19.0 Å². The molecule has 1 aromatic rings. The number of likely N-dealkylation sites (N-methyl/N-ethyl adjacent to an activating group) is 1. The number of rotatable bonds is 5. The number of aryl methyl sites for hydroxylation is 1. The first-order valence-electron chi connectivity index (χ1n) is 9.33. The fourth-order valence-corrected chi connectivity index (χ4v) is 3.69. The summed E-state index contributed by atoms with van der Waals surface area (Å²) >= 11 is 0. The summed E-state index contributed by atoms with van der Waals surface area (Å²) in [6, 6.07) is 1.69. The average molecular weight is 424 g/mol. The van der Waals surface area contributed by atoms with Crippen molar-refractivity contribution in [3.05, 3.63) is 46.0 Å². The summed E-state index contributed by atoms with van der Waals surface area (Å²) in [5, 5.41) is 2.67. The number of hydrogen-bond acceptors (Lipinski definition) is 5. The van der Waals surface area contributed by atoms with Crippen molar-refractivity contribution < 1.29 is 27.5 Å². The van der Waals surface area contributed by atoms with Crippen LogP contribution in [-0.4, -0.2) is 59.5 Å². The highest BCUT2D eigenvalue weighted by molar-refractivity contribution is 6.01. The number of alkyl halides is 3. The van der Waals surface area contributed by atoms with Gasteiger partial charge >= 0.3 is 6.18 Å². The summed E-state index contributed by atoms with van der Waals surface area (Å²) in [4.78, 5) is 31.9. The number of ether oxygens (including phenoxy) is 1. The molecule has 0 radical (unpaired) electrons. The van der Waals surface area contributed by atoms with Crippen molar-refractivity contribution in [2.75, 3.05) is 32.1 Å². The quantitative estimate of drug-likeness (QED) is 0.787. The summed E-state index contributed by atoms with van der Waals surface area (Å²) in [5.41, 5.74) is 3.20. The van der Waals surface area contributed by atoms with Crippen molar-refractivity contribution in [1.29, 1.82) is 0 Å². The second-order valence-electron chi connectivity index (χ2n) is 7.53. The van der Waals surface area contributed by atoms with Gasteiger partial charge in [0, 0.05) is 43.9 Å². The smallest absolute Gasteiger partial charge is 0.422 e. The van der Waals surface area contributed by atoms with Gasteiger partial charge in [-0.3, -0.25) is 9.59 Å². The summed E-state index contributed by atoms with van der Waals surface area (Å²) in [6.45, 7) is 4.37. The lowest BCUT2D eigenvalue weighted by Gasteiger charge is -2.31. The Morgan fingerprint density at radius 3 is 2.60 bits per heavy atom. The third-order valence-corrected chi connectivity index (χ3v) is 4.72. The average Bonchev–Trinajstić information content (AvgIpc) is 2.89. The largest absolute Gasteiger partial charge is 0.469 e. The van der Waals surface area contributed by atoms with Crippen LogP contribution in [-0.2, 0) is 16.1 Å². The number of carbonyl (C=O) groups excluding carboxylic acids is 2. The Balaban J connectivity index is 1.78. The molecule has 2 aliphatic heterocycles. The molecule has 0 aromatic carbocycles. The highest BCUT2D eigenvalue weighted by atomic mass is 19.4. The second-order valence-corrected chi connectivity index (χ2v) is 7.53. The molecule has 0 atom stereocenters. The van der Waals surface area contributed by atoms with Gasteiger partial charge in [-0.05, 0) is 25.5 Å². The third kappa shape index (κ3) is 4.74. The summed E-state index contributed by atoms with van der Waals surface area (Å²) in [5.74, 6) is 0.0956. The number of fused-ring (bicyclic) bond motifs is 1. The van der Waals surface area contributed by atoms with Gasteiger partial charge in [0.25, 0.3) is 5.91 Å². The van der Waals surface area contributed by atoms with E-state index in [2.05, 4.69) is 10.3 Å². The van der Waals surface area contributed by atoms with E-state index in [9.17, 15) is 22.8 Å². The fraction of sp³-hybridized carbons (Fsp3) is 0.450. The highest BCUT2D eigenvalue weighted by Crippen LogP contribution is 2.31. The van der Waals surface area contributed by atoms with Gasteiger partial charge < -0.3 is 19.9 Å². The van der Waals surface area contributed by atoms with Crippen LogP contribution in [0.5, 0.6) is 0 Å². The first-order valence-corrected chi connectivity index (χ1v) is 9.33. The number of aromatic nitrogens is 1. The van der Waals surface area contributed by atoms with Gasteiger partial charge in [-0.25, -0.2) is 4.98 Å². The van der Waals surface area contributed by atoms with Crippen molar-refractivity contribution in [2.45, 2.75) is 33.5 Å². The van der Waals surface area contributed by atoms with Gasteiger partial charge in [0.1, 0.15) is 5.82 Å². The Hall–Kier alpha value is -3.04. The minimum absolute atomic E-state index is 0.167. The molecule has 0 saturated carbocycles. The predicted octanol–water partition coefficient (Wildman–Crippen LogP) is 2.99. The van der Waals surface area contributed by atoms with E-state index < -0.39 is 12.8 Å². The van der Waals surface area contributed by atoms with Gasteiger partial charge in [-0.1, -0.05) is 6.08 Å². The van der Waals surface area contributed by atoms with Crippen LogP contribution in [0.25, 0.3) is 0 Å². The lowest BCUT2D eigenvalue weighted by atomic mass is 10.1. The molecule has 0 saturated heterocycles. The molecule has 0 fully saturated rings. The number of allylic oxidation sites excluding steroid dienone is 2. The maximum Gasteiger partial charge on any atom is 0.422 e. The molecule has 0 bridgehead atoms. The Morgan fingerprint density at radius 2 is 2.00 bits per heavy atom. The van der Waals surface area contributed by atoms with E-state index in [1.807, 2.05) is 0 Å². The van der Waals surface area contributed by atoms with Gasteiger partial charge in [-0.2, -0.15) is 13.2 Å². The number of anilines is 1. The molecule has 3 heterocycles. The van der Waals surface area contributed by atoms with Crippen LogP contribution in [0, 0.1) is 6.92 Å². The van der Waals surface area contributed by atoms with Crippen molar-refractivity contribution in [2.24, 2.45) is 0 Å². The molecule has 10 heteroatoms. The normalized spacial score (nSPS) is 16.6. The van der Waals surface area contributed by atoms with E-state index in [1.54, 1.807) is 42.8 Å². The predicted molar refractivity (Wildman–Crippen MR) is 103 cm³/mol. The van der Waals surface area contributed by atoms with Gasteiger partial charge in [-0.15, -0.1) is 0 Å². The van der Waals surface area contributed by atoms with Gasteiger partial charge in [0.15, 0.2) is 12.5 Å². The van der Waals surface area contributed by atoms with E-state index in [-0.39, 0.29) is 24.2 Å². The minimum atomic E-state index is -4.41. The van der Waals surface area contributed by atoms with Crippen molar-refractivity contribution in [3.63, 3.8) is 0 Å².